The van der Waals surface area contributed by atoms with Crippen LogP contribution in [0.2, 0.25) is 0 Å². The van der Waals surface area contributed by atoms with E-state index in [9.17, 15) is 5.11 Å². The lowest BCUT2D eigenvalue weighted by molar-refractivity contribution is 0.478. The number of hydrogen-bond donors (Lipinski definition) is 4. The highest BCUT2D eigenvalue weighted by molar-refractivity contribution is 6.12. The lowest BCUT2D eigenvalue weighted by Gasteiger charge is -2.10. The van der Waals surface area contributed by atoms with Crippen LogP contribution < -0.4 is 11.1 Å². The molecule has 0 unspecified atom stereocenters. The quantitative estimate of drug-likeness (QED) is 0.425. The fraction of sp³-hybridized carbons (Fsp3) is 0. The van der Waals surface area contributed by atoms with Crippen LogP contribution in [0.15, 0.2) is 48.5 Å². The van der Waals surface area contributed by atoms with Crippen molar-refractivity contribution < 1.29 is 5.11 Å². The molecule has 0 fully saturated rings. The lowest BCUT2D eigenvalue weighted by atomic mass is 10.1. The molecule has 108 valence electrons. The van der Waals surface area contributed by atoms with Crippen LogP contribution in [0.1, 0.15) is 0 Å². The average molecular weight is 291 g/mol. The van der Waals surface area contributed by atoms with Crippen molar-refractivity contribution in [2.24, 2.45) is 0 Å². The van der Waals surface area contributed by atoms with Gasteiger partial charge in [0.1, 0.15) is 11.6 Å². The molecular weight excluding hydrogens is 278 g/mol. The molecule has 0 bridgehead atoms. The molecule has 4 aromatic rings. The smallest absolute Gasteiger partial charge is 0.156 e. The second-order valence-electron chi connectivity index (χ2n) is 4.98. The molecule has 0 aliphatic heterocycles. The number of rotatable bonds is 2. The Balaban J connectivity index is 1.99. The minimum absolute atomic E-state index is 0.146. The number of para-hydroxylation sites is 3. The zero-order valence-corrected chi connectivity index (χ0v) is 11.5. The fourth-order valence-corrected chi connectivity index (χ4v) is 2.55. The number of nitrogen functional groups attached to an aromatic ring is 1. The molecule has 2 aromatic heterocycles. The molecule has 0 aliphatic carbocycles. The summed E-state index contributed by atoms with van der Waals surface area (Å²) in [7, 11) is 0. The summed E-state index contributed by atoms with van der Waals surface area (Å²) in [5.41, 5.74) is 8.17. The molecule has 0 aliphatic rings. The van der Waals surface area contributed by atoms with Gasteiger partial charge in [-0.25, -0.2) is 4.98 Å². The monoisotopic (exact) mass is 291 g/mol. The summed E-state index contributed by atoms with van der Waals surface area (Å²) in [5.74, 6) is 1.07. The van der Waals surface area contributed by atoms with Crippen molar-refractivity contribution in [1.82, 2.24) is 15.2 Å². The summed E-state index contributed by atoms with van der Waals surface area (Å²) < 4.78 is 0. The van der Waals surface area contributed by atoms with E-state index < -0.39 is 0 Å². The van der Waals surface area contributed by atoms with Crippen molar-refractivity contribution in [1.29, 1.82) is 0 Å². The highest BCUT2D eigenvalue weighted by Gasteiger charge is 2.14. The number of pyridine rings is 1. The Morgan fingerprint density at radius 3 is 2.68 bits per heavy atom. The van der Waals surface area contributed by atoms with Gasteiger partial charge in [0.2, 0.25) is 0 Å². The first-order chi connectivity index (χ1) is 10.7. The number of nitrogens with two attached hydrogens (primary N) is 1. The molecule has 2 aromatic carbocycles. The van der Waals surface area contributed by atoms with Crippen molar-refractivity contribution in [2.75, 3.05) is 11.1 Å². The van der Waals surface area contributed by atoms with Crippen molar-refractivity contribution in [3.8, 4) is 5.75 Å². The summed E-state index contributed by atoms with van der Waals surface area (Å²) in [6.45, 7) is 0. The van der Waals surface area contributed by atoms with Crippen LogP contribution in [0.5, 0.6) is 5.75 Å². The standard InChI is InChI=1S/C16H13N5O/c17-15-13-14(20-21-15)9-5-1-2-6-10(9)18-16(13)19-11-7-3-4-8-12(11)22/h1-8,22H,(H,18,19)(H3,17,20,21). The number of aromatic hydroxyl groups is 1. The summed E-state index contributed by atoms with van der Waals surface area (Å²) >= 11 is 0. The van der Waals surface area contributed by atoms with Gasteiger partial charge in [-0.15, -0.1) is 0 Å². The van der Waals surface area contributed by atoms with E-state index in [2.05, 4.69) is 20.5 Å². The van der Waals surface area contributed by atoms with E-state index in [1.165, 1.54) is 0 Å². The number of phenolic OH excluding ortho intramolecular Hbond substituents is 1. The predicted molar refractivity (Wildman–Crippen MR) is 87.2 cm³/mol. The Labute approximate surface area is 125 Å². The molecule has 5 N–H and O–H groups in total. The molecule has 6 nitrogen and oxygen atoms in total. The third-order valence-electron chi connectivity index (χ3n) is 3.59. The molecule has 0 radical (unpaired) electrons. The number of aromatic amines is 1. The minimum atomic E-state index is 0.146. The number of phenols is 1. The maximum atomic E-state index is 9.93. The first-order valence-electron chi connectivity index (χ1n) is 6.81. The molecule has 22 heavy (non-hydrogen) atoms. The van der Waals surface area contributed by atoms with Gasteiger partial charge < -0.3 is 16.2 Å². The van der Waals surface area contributed by atoms with Crippen molar-refractivity contribution in [3.05, 3.63) is 48.5 Å². The normalized spacial score (nSPS) is 11.1. The molecule has 0 saturated carbocycles. The molecule has 4 rings (SSSR count). The first kappa shape index (κ1) is 12.5. The van der Waals surface area contributed by atoms with Gasteiger partial charge in [-0.2, -0.15) is 5.10 Å². The van der Waals surface area contributed by atoms with Crippen molar-refractivity contribution in [2.45, 2.75) is 0 Å². The Morgan fingerprint density at radius 2 is 1.82 bits per heavy atom. The molecule has 0 amide bonds. The van der Waals surface area contributed by atoms with Crippen molar-refractivity contribution in [3.63, 3.8) is 0 Å². The Kier molecular flexibility index (Phi) is 2.62. The molecule has 2 heterocycles. The van der Waals surface area contributed by atoms with Gasteiger partial charge in [0.05, 0.1) is 22.1 Å². The van der Waals surface area contributed by atoms with E-state index in [4.69, 9.17) is 5.73 Å². The highest BCUT2D eigenvalue weighted by atomic mass is 16.3. The van der Waals surface area contributed by atoms with E-state index >= 15 is 0 Å². The van der Waals surface area contributed by atoms with Crippen LogP contribution in [-0.4, -0.2) is 20.3 Å². The Bertz CT molecular complexity index is 992. The van der Waals surface area contributed by atoms with Crippen LogP contribution in [0.25, 0.3) is 21.8 Å². The first-order valence-corrected chi connectivity index (χ1v) is 6.81. The zero-order valence-electron chi connectivity index (χ0n) is 11.5. The summed E-state index contributed by atoms with van der Waals surface area (Å²) in [4.78, 5) is 4.61. The molecule has 0 spiro atoms. The number of hydrogen-bond acceptors (Lipinski definition) is 5. The van der Waals surface area contributed by atoms with E-state index in [1.807, 2.05) is 30.3 Å². The fourth-order valence-electron chi connectivity index (χ4n) is 2.55. The molecule has 0 saturated heterocycles. The minimum Gasteiger partial charge on any atom is -0.506 e. The average Bonchev–Trinajstić information content (AvgIpc) is 2.92. The molecule has 6 heteroatoms. The SMILES string of the molecule is Nc1n[nH]c2c1c(Nc1ccccc1O)nc1ccccc12. The van der Waals surface area contributed by atoms with Gasteiger partial charge in [0.25, 0.3) is 0 Å². The number of nitrogens with zero attached hydrogens (tertiary/aromatic N) is 2. The van der Waals surface area contributed by atoms with Gasteiger partial charge >= 0.3 is 0 Å². The third kappa shape index (κ3) is 1.81. The van der Waals surface area contributed by atoms with Crippen LogP contribution in [0.3, 0.4) is 0 Å². The van der Waals surface area contributed by atoms with E-state index in [0.717, 1.165) is 16.4 Å². The lowest BCUT2D eigenvalue weighted by Crippen LogP contribution is -1.97. The second kappa shape index (κ2) is 4.63. The number of anilines is 3. The molecule has 0 atom stereocenters. The van der Waals surface area contributed by atoms with Crippen molar-refractivity contribution >= 4 is 39.1 Å². The Morgan fingerprint density at radius 1 is 1.05 bits per heavy atom. The summed E-state index contributed by atoms with van der Waals surface area (Å²) in [6.07, 6.45) is 0. The van der Waals surface area contributed by atoms with Crippen LogP contribution in [-0.2, 0) is 0 Å². The van der Waals surface area contributed by atoms with Gasteiger partial charge in [0, 0.05) is 5.39 Å². The second-order valence-corrected chi connectivity index (χ2v) is 4.98. The third-order valence-corrected chi connectivity index (χ3v) is 3.59. The van der Waals surface area contributed by atoms with Crippen LogP contribution in [0, 0.1) is 0 Å². The number of aromatic nitrogens is 3. The number of nitrogens with one attached hydrogen (secondary N) is 2. The molecular formula is C16H13N5O. The number of benzene rings is 2. The van der Waals surface area contributed by atoms with E-state index in [-0.39, 0.29) is 5.75 Å². The van der Waals surface area contributed by atoms with E-state index in [0.29, 0.717) is 22.7 Å². The largest absolute Gasteiger partial charge is 0.506 e. The summed E-state index contributed by atoms with van der Waals surface area (Å²) in [5, 5.41) is 21.8. The maximum Gasteiger partial charge on any atom is 0.156 e. The zero-order chi connectivity index (χ0) is 15.1. The van der Waals surface area contributed by atoms with Gasteiger partial charge in [-0.05, 0) is 18.2 Å². The van der Waals surface area contributed by atoms with Gasteiger partial charge in [-0.1, -0.05) is 30.3 Å². The maximum absolute atomic E-state index is 9.93. The van der Waals surface area contributed by atoms with Gasteiger partial charge in [-0.3, -0.25) is 5.10 Å². The number of H-pyrrole nitrogens is 1. The van der Waals surface area contributed by atoms with Gasteiger partial charge in [0.15, 0.2) is 5.82 Å². The topological polar surface area (TPSA) is 99.8 Å². The highest BCUT2D eigenvalue weighted by Crippen LogP contribution is 2.34. The number of fused-ring (bicyclic) bond motifs is 3. The Hall–Kier alpha value is -3.28. The van der Waals surface area contributed by atoms with Crippen LogP contribution >= 0.6 is 0 Å². The predicted octanol–water partition coefficient (Wildman–Crippen LogP) is 3.14. The summed E-state index contributed by atoms with van der Waals surface area (Å²) in [6, 6.07) is 14.7. The van der Waals surface area contributed by atoms with E-state index in [1.54, 1.807) is 18.2 Å². The van der Waals surface area contributed by atoms with Crippen LogP contribution in [0.4, 0.5) is 17.3 Å².